The van der Waals surface area contributed by atoms with Gasteiger partial charge in [0, 0.05) is 23.8 Å². The number of carbonyl (C=O) groups excluding carboxylic acids is 1. The summed E-state index contributed by atoms with van der Waals surface area (Å²) in [6.45, 7) is 7.70. The normalized spacial score (nSPS) is 19.6. The van der Waals surface area contributed by atoms with E-state index in [-0.39, 0.29) is 18.8 Å². The molecule has 0 spiro atoms. The van der Waals surface area contributed by atoms with Gasteiger partial charge >= 0.3 is 0 Å². The third-order valence-electron chi connectivity index (χ3n) is 4.52. The van der Waals surface area contributed by atoms with E-state index in [9.17, 15) is 20.0 Å². The second kappa shape index (κ2) is 10.6. The van der Waals surface area contributed by atoms with Crippen LogP contribution in [0.4, 0.5) is 5.69 Å². The van der Waals surface area contributed by atoms with Gasteiger partial charge in [-0.1, -0.05) is 6.08 Å². The lowest BCUT2D eigenvalue weighted by Crippen LogP contribution is -2.52. The number of benzene rings is 1. The monoisotopic (exact) mass is 418 g/mol. The van der Waals surface area contributed by atoms with Gasteiger partial charge in [0.1, 0.15) is 42.0 Å². The highest BCUT2D eigenvalue weighted by Crippen LogP contribution is 2.41. The van der Waals surface area contributed by atoms with E-state index in [1.54, 1.807) is 25.9 Å². The van der Waals surface area contributed by atoms with Crippen LogP contribution in [0.3, 0.4) is 0 Å². The van der Waals surface area contributed by atoms with Crippen molar-refractivity contribution in [3.63, 3.8) is 0 Å². The molecule has 0 bridgehead atoms. The zero-order valence-corrected chi connectivity index (χ0v) is 17.0. The van der Waals surface area contributed by atoms with E-state index in [2.05, 4.69) is 11.9 Å². The maximum Gasteiger partial charge on any atom is 0.270 e. The molecule has 2 rings (SSSR count). The second-order valence-electron chi connectivity index (χ2n) is 7.15. The number of nitro benzene ring substituents is 1. The van der Waals surface area contributed by atoms with E-state index in [0.29, 0.717) is 30.1 Å². The molecule has 30 heavy (non-hydrogen) atoms. The zero-order valence-electron chi connectivity index (χ0n) is 17.0. The lowest BCUT2D eigenvalue weighted by molar-refractivity contribution is -0.385. The van der Waals surface area contributed by atoms with E-state index in [0.717, 1.165) is 0 Å². The summed E-state index contributed by atoms with van der Waals surface area (Å²) in [5.41, 5.74) is -0.538. The molecule has 1 heterocycles. The van der Waals surface area contributed by atoms with Crippen LogP contribution >= 0.6 is 0 Å². The predicted octanol–water partition coefficient (Wildman–Crippen LogP) is 2.60. The number of hydrogen-bond donors (Lipinski definition) is 2. The third-order valence-corrected chi connectivity index (χ3v) is 4.52. The number of rotatable bonds is 11. The molecule has 1 aliphatic rings. The van der Waals surface area contributed by atoms with E-state index < -0.39 is 22.7 Å². The minimum atomic E-state index is -0.986. The van der Waals surface area contributed by atoms with E-state index in [1.807, 2.05) is 0 Å². The number of nitro groups is 1. The molecule has 1 aliphatic heterocycles. The summed E-state index contributed by atoms with van der Waals surface area (Å²) in [5, 5.41) is 25.2. The second-order valence-corrected chi connectivity index (χ2v) is 7.15. The summed E-state index contributed by atoms with van der Waals surface area (Å²) in [7, 11) is 0. The molecule has 2 atom stereocenters. The van der Waals surface area contributed by atoms with Crippen LogP contribution in [0, 0.1) is 10.1 Å². The van der Waals surface area contributed by atoms with Gasteiger partial charge < -0.3 is 24.6 Å². The largest absolute Gasteiger partial charge is 0.493 e. The van der Waals surface area contributed by atoms with Crippen molar-refractivity contribution in [3.05, 3.63) is 64.6 Å². The number of fused-ring (bicyclic) bond motifs is 1. The van der Waals surface area contributed by atoms with Crippen molar-refractivity contribution >= 4 is 11.6 Å². The number of hydrogen-bond acceptors (Lipinski definition) is 8. The van der Waals surface area contributed by atoms with Crippen LogP contribution in [0.1, 0.15) is 31.9 Å². The fourth-order valence-electron chi connectivity index (χ4n) is 2.96. The summed E-state index contributed by atoms with van der Waals surface area (Å²) in [5.74, 6) is 2.50. The first-order chi connectivity index (χ1) is 14.3. The van der Waals surface area contributed by atoms with Crippen molar-refractivity contribution < 1.29 is 29.0 Å². The zero-order chi connectivity index (χ0) is 22.1. The molecule has 1 aromatic rings. The van der Waals surface area contributed by atoms with Gasteiger partial charge in [0.2, 0.25) is 0 Å². The fraction of sp³-hybridized carbons (Fsp3) is 0.429. The Labute approximate surface area is 174 Å². The minimum absolute atomic E-state index is 0.0414. The highest BCUT2D eigenvalue weighted by Gasteiger charge is 2.43. The smallest absolute Gasteiger partial charge is 0.270 e. The minimum Gasteiger partial charge on any atom is -0.493 e. The van der Waals surface area contributed by atoms with Crippen molar-refractivity contribution in [1.82, 2.24) is 5.32 Å². The quantitative estimate of drug-likeness (QED) is 0.141. The molecule has 9 nitrogen and oxygen atoms in total. The number of non-ortho nitro benzene ring substituents is 1. The molecule has 0 saturated carbocycles. The maximum atomic E-state index is 11.2. The Morgan fingerprint density at radius 1 is 1.50 bits per heavy atom. The first-order valence-electron chi connectivity index (χ1n) is 9.42. The van der Waals surface area contributed by atoms with Gasteiger partial charge in [-0.05, 0) is 26.3 Å². The Bertz CT molecular complexity index is 844. The average Bonchev–Trinajstić information content (AvgIpc) is 2.70. The molecule has 1 aromatic carbocycles. The Morgan fingerprint density at radius 3 is 2.93 bits per heavy atom. The van der Waals surface area contributed by atoms with Gasteiger partial charge in [0.05, 0.1) is 24.1 Å². The number of aliphatic hydroxyl groups excluding tert-OH is 1. The molecule has 0 fully saturated rings. The van der Waals surface area contributed by atoms with Crippen LogP contribution < -0.4 is 10.1 Å². The van der Waals surface area contributed by atoms with Crippen LogP contribution in [0.5, 0.6) is 5.75 Å². The fourth-order valence-corrected chi connectivity index (χ4v) is 2.96. The molecule has 0 unspecified atom stereocenters. The molecule has 9 heteroatoms. The Hall–Kier alpha value is -3.13. The molecule has 0 aromatic heterocycles. The van der Waals surface area contributed by atoms with Crippen LogP contribution in [-0.4, -0.2) is 47.4 Å². The van der Waals surface area contributed by atoms with Crippen LogP contribution in [0.25, 0.3) is 0 Å². The van der Waals surface area contributed by atoms with Crippen LogP contribution in [-0.2, 0) is 14.3 Å². The Balaban J connectivity index is 2.24. The van der Waals surface area contributed by atoms with E-state index in [4.69, 9.17) is 14.2 Å². The Kier molecular flexibility index (Phi) is 8.17. The number of nitrogens with one attached hydrogen (secondary N) is 1. The maximum absolute atomic E-state index is 11.2. The van der Waals surface area contributed by atoms with Gasteiger partial charge in [0.25, 0.3) is 5.69 Å². The van der Waals surface area contributed by atoms with Gasteiger partial charge in [-0.15, -0.1) is 6.58 Å². The highest BCUT2D eigenvalue weighted by molar-refractivity contribution is 5.48. The topological polar surface area (TPSA) is 120 Å². The van der Waals surface area contributed by atoms with Crippen LogP contribution in [0.2, 0.25) is 0 Å². The predicted molar refractivity (Wildman–Crippen MR) is 110 cm³/mol. The summed E-state index contributed by atoms with van der Waals surface area (Å²) in [6.07, 6.45) is 3.90. The van der Waals surface area contributed by atoms with Crippen molar-refractivity contribution in [3.8, 4) is 5.75 Å². The summed E-state index contributed by atoms with van der Waals surface area (Å²) in [6, 6.07) is 3.63. The van der Waals surface area contributed by atoms with Crippen molar-refractivity contribution in [2.24, 2.45) is 0 Å². The number of aliphatic hydroxyl groups is 1. The molecule has 0 saturated heterocycles. The Morgan fingerprint density at radius 2 is 2.27 bits per heavy atom. The molecule has 2 N–H and O–H groups in total. The summed E-state index contributed by atoms with van der Waals surface area (Å²) < 4.78 is 16.7. The molecular weight excluding hydrogens is 392 g/mol. The first-order valence-corrected chi connectivity index (χ1v) is 9.42. The van der Waals surface area contributed by atoms with Gasteiger partial charge in [-0.3, -0.25) is 10.1 Å². The van der Waals surface area contributed by atoms with Gasteiger partial charge in [0.15, 0.2) is 0 Å². The SMILES string of the molecule is C=CCCOC(=COCC=C=O)CN[C@H]1c2cc([N+](=O)[O-])ccc2OC(C)(C)[C@@H]1O. The van der Waals surface area contributed by atoms with E-state index in [1.165, 1.54) is 30.5 Å². The lowest BCUT2D eigenvalue weighted by Gasteiger charge is -2.42. The van der Waals surface area contributed by atoms with E-state index >= 15 is 0 Å². The molecule has 0 amide bonds. The number of nitrogens with zero attached hydrogens (tertiary/aromatic N) is 1. The molecule has 0 radical (unpaired) electrons. The van der Waals surface area contributed by atoms with Crippen LogP contribution in [0.15, 0.2) is 49.0 Å². The summed E-state index contributed by atoms with van der Waals surface area (Å²) >= 11 is 0. The molecule has 162 valence electrons. The first kappa shape index (κ1) is 23.2. The molecular formula is C21H26N2O7. The molecule has 0 aliphatic carbocycles. The number of ether oxygens (including phenoxy) is 3. The van der Waals surface area contributed by atoms with Gasteiger partial charge in [-0.25, -0.2) is 4.79 Å². The highest BCUT2D eigenvalue weighted by atomic mass is 16.6. The van der Waals surface area contributed by atoms with Crippen molar-refractivity contribution in [2.45, 2.75) is 38.0 Å². The van der Waals surface area contributed by atoms with Crippen molar-refractivity contribution in [2.75, 3.05) is 19.8 Å². The third kappa shape index (κ3) is 5.93. The van der Waals surface area contributed by atoms with Gasteiger partial charge in [-0.2, -0.15) is 0 Å². The lowest BCUT2D eigenvalue weighted by atomic mass is 9.86. The van der Waals surface area contributed by atoms with Crippen molar-refractivity contribution in [1.29, 1.82) is 0 Å². The summed E-state index contributed by atoms with van der Waals surface area (Å²) in [4.78, 5) is 20.9. The average molecular weight is 418 g/mol. The standard InChI is InChI=1S/C21H26N2O7/c1-4-5-11-29-16(14-28-10-6-9-24)13-22-19-17-12-15(23(26)27)7-8-18(17)30-21(2,3)20(19)25/h4,6-8,12,14,19-20,22,25H,1,5,10-11,13H2,2-3H3/t19-,20+/m0/s1.